The topological polar surface area (TPSA) is 61.7 Å². The van der Waals surface area contributed by atoms with Crippen LogP contribution < -0.4 is 5.43 Å². The van der Waals surface area contributed by atoms with Crippen molar-refractivity contribution in [2.24, 2.45) is 5.10 Å². The number of rotatable bonds is 3. The summed E-state index contributed by atoms with van der Waals surface area (Å²) in [6.45, 7) is 0. The van der Waals surface area contributed by atoms with Gasteiger partial charge in [0.05, 0.1) is 0 Å². The van der Waals surface area contributed by atoms with Gasteiger partial charge in [0.1, 0.15) is 0 Å². The summed E-state index contributed by atoms with van der Waals surface area (Å²) >= 11 is 0. The number of aliphatic hydroxyl groups is 1. The molecule has 4 heteroatoms. The van der Waals surface area contributed by atoms with E-state index in [0.29, 0.717) is 5.56 Å². The molecule has 20 heavy (non-hydrogen) atoms. The van der Waals surface area contributed by atoms with Crippen LogP contribution >= 0.6 is 0 Å². The summed E-state index contributed by atoms with van der Waals surface area (Å²) in [5, 5.41) is 14.1. The van der Waals surface area contributed by atoms with Crippen LogP contribution in [0.4, 0.5) is 0 Å². The molecule has 0 aromatic heterocycles. The monoisotopic (exact) mass is 274 g/mol. The van der Waals surface area contributed by atoms with Gasteiger partial charge in [-0.15, -0.1) is 0 Å². The largest absolute Gasteiger partial charge is 0.378 e. The molecule has 1 aliphatic rings. The lowest BCUT2D eigenvalue weighted by molar-refractivity contribution is -0.129. The number of carbonyl (C=O) groups excluding carboxylic acids is 1. The first-order chi connectivity index (χ1) is 9.77. The lowest BCUT2D eigenvalue weighted by Crippen LogP contribution is -2.26. The fourth-order valence-corrected chi connectivity index (χ4v) is 2.41. The molecule has 2 rings (SSSR count). The highest BCUT2D eigenvalue weighted by molar-refractivity contribution is 5.87. The minimum Gasteiger partial charge on any atom is -0.378 e. The Balaban J connectivity index is 1.90. The molecule has 0 spiro atoms. The van der Waals surface area contributed by atoms with Crippen LogP contribution in [-0.4, -0.2) is 16.7 Å². The van der Waals surface area contributed by atoms with Crippen LogP contribution in [0.5, 0.6) is 0 Å². The van der Waals surface area contributed by atoms with E-state index in [4.69, 9.17) is 0 Å². The van der Waals surface area contributed by atoms with Crippen LogP contribution in [-0.2, 0) is 4.79 Å². The van der Waals surface area contributed by atoms with Crippen LogP contribution in [0.1, 0.15) is 56.6 Å². The van der Waals surface area contributed by atoms with Crippen molar-refractivity contribution < 1.29 is 9.90 Å². The molecule has 0 aliphatic heterocycles. The highest BCUT2D eigenvalue weighted by Gasteiger charge is 2.16. The van der Waals surface area contributed by atoms with Gasteiger partial charge >= 0.3 is 0 Å². The molecular formula is C16H22N2O2. The number of hydrazone groups is 1. The second kappa shape index (κ2) is 7.80. The van der Waals surface area contributed by atoms with Crippen molar-refractivity contribution in [1.29, 1.82) is 0 Å². The van der Waals surface area contributed by atoms with Crippen molar-refractivity contribution in [1.82, 2.24) is 5.43 Å². The quantitative estimate of drug-likeness (QED) is 0.832. The van der Waals surface area contributed by atoms with Gasteiger partial charge in [-0.2, -0.15) is 5.10 Å². The van der Waals surface area contributed by atoms with E-state index in [-0.39, 0.29) is 0 Å². The van der Waals surface area contributed by atoms with Crippen LogP contribution in [0.15, 0.2) is 35.4 Å². The van der Waals surface area contributed by atoms with Crippen molar-refractivity contribution in [3.63, 3.8) is 0 Å². The summed E-state index contributed by atoms with van der Waals surface area (Å²) in [6, 6.07) is 8.91. The molecule has 1 atom stereocenters. The predicted octanol–water partition coefficient (Wildman–Crippen LogP) is 2.94. The second-order valence-corrected chi connectivity index (χ2v) is 5.24. The molecule has 0 radical (unpaired) electrons. The molecule has 1 fully saturated rings. The van der Waals surface area contributed by atoms with E-state index in [1.54, 1.807) is 24.3 Å². The highest BCUT2D eigenvalue weighted by Crippen LogP contribution is 2.15. The highest BCUT2D eigenvalue weighted by atomic mass is 16.3. The maximum absolute atomic E-state index is 11.9. The summed E-state index contributed by atoms with van der Waals surface area (Å²) in [6.07, 6.45) is 6.77. The summed E-state index contributed by atoms with van der Waals surface area (Å²) in [7, 11) is 0. The molecule has 1 aliphatic carbocycles. The van der Waals surface area contributed by atoms with Crippen LogP contribution in [0, 0.1) is 0 Å². The number of benzene rings is 1. The third-order valence-electron chi connectivity index (χ3n) is 3.62. The molecule has 0 heterocycles. The van der Waals surface area contributed by atoms with Gasteiger partial charge < -0.3 is 5.11 Å². The van der Waals surface area contributed by atoms with Gasteiger partial charge in [-0.25, -0.2) is 5.43 Å². The molecule has 1 amide bonds. The van der Waals surface area contributed by atoms with E-state index in [1.807, 2.05) is 6.07 Å². The Morgan fingerprint density at radius 3 is 2.30 bits per heavy atom. The van der Waals surface area contributed by atoms with Crippen molar-refractivity contribution >= 4 is 11.6 Å². The van der Waals surface area contributed by atoms with E-state index in [9.17, 15) is 9.90 Å². The fourth-order valence-electron chi connectivity index (χ4n) is 2.41. The first-order valence-electron chi connectivity index (χ1n) is 7.35. The number of aliphatic hydroxyl groups excluding tert-OH is 1. The zero-order valence-corrected chi connectivity index (χ0v) is 11.7. The maximum atomic E-state index is 11.9. The standard InChI is InChI=1S/C16H22N2O2/c19-15(13-9-5-4-6-10-13)16(20)18-17-14-11-7-2-1-3-8-12-14/h4-6,9-10,15,19H,1-3,7-8,11-12H2,(H,18,20). The Morgan fingerprint density at radius 2 is 1.65 bits per heavy atom. The smallest absolute Gasteiger partial charge is 0.273 e. The van der Waals surface area contributed by atoms with E-state index in [2.05, 4.69) is 10.5 Å². The number of hydrogen-bond donors (Lipinski definition) is 2. The van der Waals surface area contributed by atoms with E-state index >= 15 is 0 Å². The van der Waals surface area contributed by atoms with Gasteiger partial charge in [-0.05, 0) is 31.2 Å². The summed E-state index contributed by atoms with van der Waals surface area (Å²) in [5.74, 6) is -0.467. The number of amides is 1. The van der Waals surface area contributed by atoms with Crippen molar-refractivity contribution in [2.75, 3.05) is 0 Å². The lowest BCUT2D eigenvalue weighted by Gasteiger charge is -2.12. The Morgan fingerprint density at radius 1 is 1.05 bits per heavy atom. The molecular weight excluding hydrogens is 252 g/mol. The zero-order chi connectivity index (χ0) is 14.2. The zero-order valence-electron chi connectivity index (χ0n) is 11.7. The average molecular weight is 274 g/mol. The normalized spacial score (nSPS) is 17.8. The summed E-state index contributed by atoms with van der Waals surface area (Å²) in [4.78, 5) is 11.9. The number of carbonyl (C=O) groups is 1. The van der Waals surface area contributed by atoms with E-state index < -0.39 is 12.0 Å². The maximum Gasteiger partial charge on any atom is 0.273 e. The Labute approximate surface area is 119 Å². The lowest BCUT2D eigenvalue weighted by atomic mass is 9.99. The fraction of sp³-hybridized carbons (Fsp3) is 0.500. The SMILES string of the molecule is O=C(NN=C1CCCCCCC1)C(O)c1ccccc1. The number of nitrogens with zero attached hydrogens (tertiary/aromatic N) is 1. The summed E-state index contributed by atoms with van der Waals surface area (Å²) in [5.41, 5.74) is 4.12. The Bertz CT molecular complexity index is 447. The minimum atomic E-state index is -1.16. The molecule has 2 N–H and O–H groups in total. The predicted molar refractivity (Wildman–Crippen MR) is 79.3 cm³/mol. The van der Waals surface area contributed by atoms with Crippen molar-refractivity contribution in [2.45, 2.75) is 51.0 Å². The van der Waals surface area contributed by atoms with Gasteiger partial charge in [0.15, 0.2) is 6.10 Å². The molecule has 1 aromatic rings. The van der Waals surface area contributed by atoms with Gasteiger partial charge in [0.25, 0.3) is 5.91 Å². The van der Waals surface area contributed by atoms with Gasteiger partial charge in [-0.3, -0.25) is 4.79 Å². The molecule has 1 saturated carbocycles. The third kappa shape index (κ3) is 4.46. The first-order valence-corrected chi connectivity index (χ1v) is 7.35. The van der Waals surface area contributed by atoms with Crippen LogP contribution in [0.2, 0.25) is 0 Å². The van der Waals surface area contributed by atoms with Crippen LogP contribution in [0.3, 0.4) is 0 Å². The van der Waals surface area contributed by atoms with Crippen LogP contribution in [0.25, 0.3) is 0 Å². The minimum absolute atomic E-state index is 0.467. The van der Waals surface area contributed by atoms with Crippen molar-refractivity contribution in [3.8, 4) is 0 Å². The van der Waals surface area contributed by atoms with Gasteiger partial charge in [0, 0.05) is 5.71 Å². The summed E-state index contributed by atoms with van der Waals surface area (Å²) < 4.78 is 0. The number of hydrogen-bond acceptors (Lipinski definition) is 3. The average Bonchev–Trinajstić information content (AvgIpc) is 2.46. The Kier molecular flexibility index (Phi) is 5.74. The molecule has 1 aromatic carbocycles. The third-order valence-corrected chi connectivity index (χ3v) is 3.62. The second-order valence-electron chi connectivity index (χ2n) is 5.24. The molecule has 108 valence electrons. The van der Waals surface area contributed by atoms with E-state index in [0.717, 1.165) is 31.4 Å². The first kappa shape index (κ1) is 14.7. The number of nitrogens with one attached hydrogen (secondary N) is 1. The van der Waals surface area contributed by atoms with Crippen molar-refractivity contribution in [3.05, 3.63) is 35.9 Å². The van der Waals surface area contributed by atoms with Gasteiger partial charge in [0.2, 0.25) is 0 Å². The van der Waals surface area contributed by atoms with E-state index in [1.165, 1.54) is 19.3 Å². The van der Waals surface area contributed by atoms with Gasteiger partial charge in [-0.1, -0.05) is 49.6 Å². The molecule has 0 saturated heterocycles. The molecule has 4 nitrogen and oxygen atoms in total. The Hall–Kier alpha value is -1.68. The molecule has 0 bridgehead atoms. The molecule has 1 unspecified atom stereocenters.